The second-order valence-corrected chi connectivity index (χ2v) is 7.15. The first-order chi connectivity index (χ1) is 11.2. The highest BCUT2D eigenvalue weighted by molar-refractivity contribution is 5.81. The molecule has 0 unspecified atom stereocenters. The second-order valence-electron chi connectivity index (χ2n) is 7.15. The minimum atomic E-state index is -0.815. The van der Waals surface area contributed by atoms with E-state index in [2.05, 4.69) is 19.2 Å². The summed E-state index contributed by atoms with van der Waals surface area (Å²) in [7, 11) is 0. The van der Waals surface area contributed by atoms with Gasteiger partial charge in [0.2, 0.25) is 5.91 Å². The van der Waals surface area contributed by atoms with E-state index >= 15 is 0 Å². The molecular weight excluding hydrogens is 306 g/mol. The van der Waals surface area contributed by atoms with Crippen molar-refractivity contribution in [2.75, 3.05) is 6.61 Å². The number of benzene rings is 1. The largest absolute Gasteiger partial charge is 0.494 e. The summed E-state index contributed by atoms with van der Waals surface area (Å²) >= 11 is 0. The van der Waals surface area contributed by atoms with Crippen molar-refractivity contribution < 1.29 is 19.4 Å². The van der Waals surface area contributed by atoms with E-state index in [0.29, 0.717) is 31.2 Å². The van der Waals surface area contributed by atoms with Gasteiger partial charge < -0.3 is 15.2 Å². The Kier molecular flexibility index (Phi) is 7.75. The summed E-state index contributed by atoms with van der Waals surface area (Å²) in [5, 5.41) is 11.5. The third-order valence-corrected chi connectivity index (χ3v) is 3.71. The first kappa shape index (κ1) is 20.0. The molecule has 1 amide bonds. The van der Waals surface area contributed by atoms with E-state index in [1.54, 1.807) is 0 Å². The Morgan fingerprint density at radius 2 is 1.83 bits per heavy atom. The normalized spacial score (nSPS) is 11.4. The van der Waals surface area contributed by atoms with Gasteiger partial charge in [0.05, 0.1) is 6.61 Å². The number of aliphatic carboxylic acids is 1. The highest BCUT2D eigenvalue weighted by Crippen LogP contribution is 2.25. The first-order valence-corrected chi connectivity index (χ1v) is 8.42. The number of carboxylic acids is 1. The van der Waals surface area contributed by atoms with E-state index in [1.165, 1.54) is 0 Å². The lowest BCUT2D eigenvalue weighted by Gasteiger charge is -2.25. The van der Waals surface area contributed by atoms with Crippen molar-refractivity contribution in [3.63, 3.8) is 0 Å². The predicted octanol–water partition coefficient (Wildman–Crippen LogP) is 3.62. The monoisotopic (exact) mass is 335 g/mol. The standard InChI is InChI=1S/C19H29NO4/c1-14(2)12-19(3,4)18(23)20-13-15-7-9-16(10-8-15)24-11-5-6-17(21)22/h7-10,14H,5-6,11-13H2,1-4H3,(H,20,23)(H,21,22). The van der Waals surface area contributed by atoms with Crippen molar-refractivity contribution in [3.05, 3.63) is 29.8 Å². The van der Waals surface area contributed by atoms with Crippen LogP contribution in [0.3, 0.4) is 0 Å². The first-order valence-electron chi connectivity index (χ1n) is 8.42. The van der Waals surface area contributed by atoms with E-state index in [1.807, 2.05) is 38.1 Å². The lowest BCUT2D eigenvalue weighted by molar-refractivity contribution is -0.137. The van der Waals surface area contributed by atoms with Gasteiger partial charge in [0.25, 0.3) is 0 Å². The van der Waals surface area contributed by atoms with Crippen LogP contribution in [0.15, 0.2) is 24.3 Å². The number of carbonyl (C=O) groups excluding carboxylic acids is 1. The lowest BCUT2D eigenvalue weighted by atomic mass is 9.83. The van der Waals surface area contributed by atoms with Crippen molar-refractivity contribution >= 4 is 11.9 Å². The van der Waals surface area contributed by atoms with Gasteiger partial charge in [-0.2, -0.15) is 0 Å². The lowest BCUT2D eigenvalue weighted by Crippen LogP contribution is -2.37. The molecule has 0 aromatic heterocycles. The topological polar surface area (TPSA) is 75.6 Å². The van der Waals surface area contributed by atoms with Gasteiger partial charge in [-0.15, -0.1) is 0 Å². The summed E-state index contributed by atoms with van der Waals surface area (Å²) in [5.41, 5.74) is 0.628. The SMILES string of the molecule is CC(C)CC(C)(C)C(=O)NCc1ccc(OCCCC(=O)O)cc1. The van der Waals surface area contributed by atoms with Gasteiger partial charge in [-0.25, -0.2) is 0 Å². The molecule has 0 fully saturated rings. The van der Waals surface area contributed by atoms with Gasteiger partial charge in [-0.3, -0.25) is 9.59 Å². The highest BCUT2D eigenvalue weighted by atomic mass is 16.5. The molecule has 0 saturated carbocycles. The fraction of sp³-hybridized carbons (Fsp3) is 0.579. The zero-order valence-electron chi connectivity index (χ0n) is 15.1. The van der Waals surface area contributed by atoms with E-state index in [9.17, 15) is 9.59 Å². The summed E-state index contributed by atoms with van der Waals surface area (Å²) in [6.07, 6.45) is 1.44. The van der Waals surface area contributed by atoms with Gasteiger partial charge in [0.15, 0.2) is 0 Å². The fourth-order valence-corrected chi connectivity index (χ4v) is 2.65. The molecule has 1 aromatic rings. The summed E-state index contributed by atoms with van der Waals surface area (Å²) < 4.78 is 5.48. The van der Waals surface area contributed by atoms with E-state index in [0.717, 1.165) is 12.0 Å². The van der Waals surface area contributed by atoms with Gasteiger partial charge in [-0.05, 0) is 36.5 Å². The van der Waals surface area contributed by atoms with Crippen molar-refractivity contribution in [2.45, 2.75) is 53.5 Å². The molecule has 0 aliphatic heterocycles. The molecule has 1 rings (SSSR count). The number of rotatable bonds is 10. The van der Waals surface area contributed by atoms with Crippen molar-refractivity contribution in [2.24, 2.45) is 11.3 Å². The van der Waals surface area contributed by atoms with E-state index < -0.39 is 5.97 Å². The molecule has 2 N–H and O–H groups in total. The molecule has 0 radical (unpaired) electrons. The maximum Gasteiger partial charge on any atom is 0.303 e. The van der Waals surface area contributed by atoms with Crippen LogP contribution in [0.4, 0.5) is 0 Å². The van der Waals surface area contributed by atoms with Crippen LogP contribution in [-0.4, -0.2) is 23.6 Å². The van der Waals surface area contributed by atoms with Crippen LogP contribution in [0.2, 0.25) is 0 Å². The smallest absolute Gasteiger partial charge is 0.303 e. The zero-order valence-corrected chi connectivity index (χ0v) is 15.1. The van der Waals surface area contributed by atoms with Crippen LogP contribution in [0, 0.1) is 11.3 Å². The second kappa shape index (κ2) is 9.30. The van der Waals surface area contributed by atoms with Crippen molar-refractivity contribution in [1.82, 2.24) is 5.32 Å². The average molecular weight is 335 g/mol. The molecule has 24 heavy (non-hydrogen) atoms. The highest BCUT2D eigenvalue weighted by Gasteiger charge is 2.27. The Morgan fingerprint density at radius 1 is 1.21 bits per heavy atom. The van der Waals surface area contributed by atoms with Crippen LogP contribution in [0.5, 0.6) is 5.75 Å². The van der Waals surface area contributed by atoms with Gasteiger partial charge in [-0.1, -0.05) is 39.8 Å². The molecule has 0 aliphatic carbocycles. The molecule has 0 spiro atoms. The van der Waals surface area contributed by atoms with Gasteiger partial charge in [0, 0.05) is 18.4 Å². The summed E-state index contributed by atoms with van der Waals surface area (Å²) in [5.74, 6) is 0.425. The van der Waals surface area contributed by atoms with E-state index in [4.69, 9.17) is 9.84 Å². The number of hydrogen-bond acceptors (Lipinski definition) is 3. The Morgan fingerprint density at radius 3 is 2.38 bits per heavy atom. The number of amides is 1. The Labute approximate surface area is 144 Å². The Hall–Kier alpha value is -2.04. The molecular formula is C19H29NO4. The molecule has 5 nitrogen and oxygen atoms in total. The molecule has 0 bridgehead atoms. The van der Waals surface area contributed by atoms with Crippen LogP contribution in [0.1, 0.15) is 52.5 Å². The summed E-state index contributed by atoms with van der Waals surface area (Å²) in [6, 6.07) is 7.48. The zero-order chi connectivity index (χ0) is 18.2. The molecule has 0 atom stereocenters. The quantitative estimate of drug-likeness (QED) is 0.640. The molecule has 0 heterocycles. The summed E-state index contributed by atoms with van der Waals surface area (Å²) in [4.78, 5) is 22.7. The van der Waals surface area contributed by atoms with Gasteiger partial charge in [0.1, 0.15) is 5.75 Å². The Bertz CT molecular complexity index is 535. The fourth-order valence-electron chi connectivity index (χ4n) is 2.65. The van der Waals surface area contributed by atoms with Crippen LogP contribution < -0.4 is 10.1 Å². The number of hydrogen-bond donors (Lipinski definition) is 2. The van der Waals surface area contributed by atoms with Crippen LogP contribution in [-0.2, 0) is 16.1 Å². The molecule has 134 valence electrons. The van der Waals surface area contributed by atoms with Crippen molar-refractivity contribution in [1.29, 1.82) is 0 Å². The molecule has 0 saturated heterocycles. The van der Waals surface area contributed by atoms with Crippen LogP contribution in [0.25, 0.3) is 0 Å². The van der Waals surface area contributed by atoms with E-state index in [-0.39, 0.29) is 17.7 Å². The van der Waals surface area contributed by atoms with Crippen molar-refractivity contribution in [3.8, 4) is 5.75 Å². The minimum Gasteiger partial charge on any atom is -0.494 e. The number of ether oxygens (including phenoxy) is 1. The molecule has 5 heteroatoms. The number of carbonyl (C=O) groups is 2. The Balaban J connectivity index is 2.41. The number of carboxylic acid groups (broad SMARTS) is 1. The maximum absolute atomic E-state index is 12.3. The third kappa shape index (κ3) is 7.49. The van der Waals surface area contributed by atoms with Gasteiger partial charge >= 0.3 is 5.97 Å². The number of nitrogens with one attached hydrogen (secondary N) is 1. The predicted molar refractivity (Wildman–Crippen MR) is 93.9 cm³/mol. The van der Waals surface area contributed by atoms with Crippen LogP contribution >= 0.6 is 0 Å². The summed E-state index contributed by atoms with van der Waals surface area (Å²) in [6.45, 7) is 9.03. The molecule has 0 aliphatic rings. The average Bonchev–Trinajstić information content (AvgIpc) is 2.48. The minimum absolute atomic E-state index is 0.0604. The third-order valence-electron chi connectivity index (χ3n) is 3.71. The molecule has 1 aromatic carbocycles. The maximum atomic E-state index is 12.3.